The maximum Gasteiger partial charge on any atom is 0.264 e. The molecular formula is C16H11ClN2OS. The van der Waals surface area contributed by atoms with Gasteiger partial charge in [-0.3, -0.25) is 4.79 Å². The second-order valence-corrected chi connectivity index (χ2v) is 5.78. The summed E-state index contributed by atoms with van der Waals surface area (Å²) in [7, 11) is 0. The Morgan fingerprint density at radius 3 is 2.52 bits per heavy atom. The third-order valence-corrected chi connectivity index (χ3v) is 4.08. The molecule has 0 atom stereocenters. The fourth-order valence-electron chi connectivity index (χ4n) is 1.83. The van der Waals surface area contributed by atoms with E-state index in [1.807, 2.05) is 48.5 Å². The lowest BCUT2D eigenvalue weighted by Gasteiger charge is -1.97. The number of benzene rings is 2. The summed E-state index contributed by atoms with van der Waals surface area (Å²) in [6, 6.07) is 16.9. The Morgan fingerprint density at radius 1 is 1.05 bits per heavy atom. The molecule has 1 aliphatic heterocycles. The summed E-state index contributed by atoms with van der Waals surface area (Å²) in [5, 5.41) is 3.95. The first-order chi connectivity index (χ1) is 10.2. The Morgan fingerprint density at radius 2 is 1.76 bits per heavy atom. The minimum absolute atomic E-state index is 0.158. The minimum Gasteiger partial charge on any atom is -0.300 e. The number of hydrogen-bond acceptors (Lipinski definition) is 3. The van der Waals surface area contributed by atoms with Crippen LogP contribution in [-0.2, 0) is 4.79 Å². The van der Waals surface area contributed by atoms with E-state index in [1.165, 1.54) is 11.8 Å². The van der Waals surface area contributed by atoms with Gasteiger partial charge in [-0.15, -0.1) is 0 Å². The molecule has 0 aromatic heterocycles. The average molecular weight is 315 g/mol. The van der Waals surface area contributed by atoms with E-state index in [4.69, 9.17) is 11.6 Å². The Bertz CT molecular complexity index is 741. The number of amides is 1. The molecular weight excluding hydrogens is 304 g/mol. The molecule has 5 heteroatoms. The van der Waals surface area contributed by atoms with Crippen molar-refractivity contribution in [2.45, 2.75) is 0 Å². The van der Waals surface area contributed by atoms with E-state index in [2.05, 4.69) is 10.3 Å². The molecule has 1 aliphatic rings. The van der Waals surface area contributed by atoms with Crippen molar-refractivity contribution in [3.05, 3.63) is 70.1 Å². The highest BCUT2D eigenvalue weighted by Gasteiger charge is 2.23. The molecule has 1 fully saturated rings. The van der Waals surface area contributed by atoms with Crippen molar-refractivity contribution in [2.75, 3.05) is 0 Å². The third-order valence-electron chi connectivity index (χ3n) is 2.83. The number of para-hydroxylation sites is 1. The van der Waals surface area contributed by atoms with Crippen LogP contribution in [0.1, 0.15) is 5.56 Å². The second kappa shape index (κ2) is 6.16. The van der Waals surface area contributed by atoms with Crippen LogP contribution in [0.5, 0.6) is 0 Å². The predicted octanol–water partition coefficient (Wildman–Crippen LogP) is 4.23. The average Bonchev–Trinajstić information content (AvgIpc) is 2.82. The van der Waals surface area contributed by atoms with Crippen LogP contribution >= 0.6 is 23.4 Å². The first-order valence-electron chi connectivity index (χ1n) is 6.31. The van der Waals surface area contributed by atoms with Gasteiger partial charge >= 0.3 is 0 Å². The minimum atomic E-state index is -0.158. The van der Waals surface area contributed by atoms with Crippen molar-refractivity contribution >= 4 is 46.2 Å². The predicted molar refractivity (Wildman–Crippen MR) is 88.7 cm³/mol. The number of thioether (sulfide) groups is 1. The Kier molecular flexibility index (Phi) is 4.08. The van der Waals surface area contributed by atoms with Crippen LogP contribution < -0.4 is 5.32 Å². The summed E-state index contributed by atoms with van der Waals surface area (Å²) >= 11 is 7.41. The van der Waals surface area contributed by atoms with Crippen LogP contribution in [0.2, 0.25) is 5.02 Å². The maximum atomic E-state index is 12.0. The van der Waals surface area contributed by atoms with E-state index in [1.54, 1.807) is 12.1 Å². The van der Waals surface area contributed by atoms with Gasteiger partial charge in [-0.1, -0.05) is 48.0 Å². The van der Waals surface area contributed by atoms with Crippen molar-refractivity contribution in [2.24, 2.45) is 4.99 Å². The van der Waals surface area contributed by atoms with Gasteiger partial charge in [0.25, 0.3) is 5.91 Å². The number of nitrogens with one attached hydrogen (secondary N) is 1. The summed E-state index contributed by atoms with van der Waals surface area (Å²) in [4.78, 5) is 16.9. The van der Waals surface area contributed by atoms with E-state index in [-0.39, 0.29) is 5.91 Å². The van der Waals surface area contributed by atoms with Crippen molar-refractivity contribution in [1.29, 1.82) is 0 Å². The lowest BCUT2D eigenvalue weighted by molar-refractivity contribution is -0.115. The quantitative estimate of drug-likeness (QED) is 0.843. The molecule has 0 aliphatic carbocycles. The molecule has 0 bridgehead atoms. The molecule has 1 saturated heterocycles. The molecule has 104 valence electrons. The van der Waals surface area contributed by atoms with Crippen LogP contribution in [0.25, 0.3) is 6.08 Å². The van der Waals surface area contributed by atoms with Gasteiger partial charge in [0.05, 0.1) is 10.6 Å². The third kappa shape index (κ3) is 3.35. The van der Waals surface area contributed by atoms with Crippen LogP contribution in [0.4, 0.5) is 5.69 Å². The van der Waals surface area contributed by atoms with E-state index >= 15 is 0 Å². The summed E-state index contributed by atoms with van der Waals surface area (Å²) in [5.41, 5.74) is 1.62. The normalized spacial score (nSPS) is 18.2. The SMILES string of the molecule is O=C1NC(=Nc2ccccc2)SC1=Cc1ccccc1Cl. The topological polar surface area (TPSA) is 41.5 Å². The zero-order chi connectivity index (χ0) is 14.7. The van der Waals surface area contributed by atoms with Gasteiger partial charge in [0.2, 0.25) is 0 Å². The van der Waals surface area contributed by atoms with Gasteiger partial charge in [-0.25, -0.2) is 4.99 Å². The smallest absolute Gasteiger partial charge is 0.264 e. The lowest BCUT2D eigenvalue weighted by atomic mass is 10.2. The zero-order valence-electron chi connectivity index (χ0n) is 10.9. The van der Waals surface area contributed by atoms with Gasteiger partial charge < -0.3 is 5.32 Å². The molecule has 0 spiro atoms. The van der Waals surface area contributed by atoms with Crippen molar-refractivity contribution in [3.63, 3.8) is 0 Å². The van der Waals surface area contributed by atoms with Gasteiger partial charge in [0.15, 0.2) is 5.17 Å². The van der Waals surface area contributed by atoms with Crippen LogP contribution in [0, 0.1) is 0 Å². The maximum absolute atomic E-state index is 12.0. The van der Waals surface area contributed by atoms with Gasteiger partial charge in [0, 0.05) is 5.02 Å². The summed E-state index contributed by atoms with van der Waals surface area (Å²) in [6.45, 7) is 0. The number of rotatable bonds is 2. The monoisotopic (exact) mass is 314 g/mol. The largest absolute Gasteiger partial charge is 0.300 e. The number of aliphatic imine (C=N–C) groups is 1. The van der Waals surface area contributed by atoms with Crippen molar-refractivity contribution in [3.8, 4) is 0 Å². The molecule has 0 unspecified atom stereocenters. The molecule has 1 N–H and O–H groups in total. The number of nitrogens with zero attached hydrogens (tertiary/aromatic N) is 1. The highest BCUT2D eigenvalue weighted by Crippen LogP contribution is 2.29. The number of carbonyl (C=O) groups is 1. The molecule has 1 amide bonds. The van der Waals surface area contributed by atoms with Crippen molar-refractivity contribution in [1.82, 2.24) is 5.32 Å². The molecule has 2 aromatic carbocycles. The fraction of sp³-hybridized carbons (Fsp3) is 0. The summed E-state index contributed by atoms with van der Waals surface area (Å²) in [5.74, 6) is -0.158. The second-order valence-electron chi connectivity index (χ2n) is 4.34. The van der Waals surface area contributed by atoms with Crippen LogP contribution in [0.15, 0.2) is 64.5 Å². The van der Waals surface area contributed by atoms with Gasteiger partial charge in [0.1, 0.15) is 0 Å². The highest BCUT2D eigenvalue weighted by molar-refractivity contribution is 8.18. The number of hydrogen-bond donors (Lipinski definition) is 1. The molecule has 0 radical (unpaired) electrons. The molecule has 3 nitrogen and oxygen atoms in total. The molecule has 3 rings (SSSR count). The molecule has 1 heterocycles. The van der Waals surface area contributed by atoms with Crippen molar-refractivity contribution < 1.29 is 4.79 Å². The highest BCUT2D eigenvalue weighted by atomic mass is 35.5. The Balaban J connectivity index is 1.86. The number of amidine groups is 1. The molecule has 21 heavy (non-hydrogen) atoms. The van der Waals surface area contributed by atoms with E-state index in [9.17, 15) is 4.79 Å². The van der Waals surface area contributed by atoms with Crippen LogP contribution in [0.3, 0.4) is 0 Å². The zero-order valence-corrected chi connectivity index (χ0v) is 12.5. The molecule has 0 saturated carbocycles. The first kappa shape index (κ1) is 13.9. The number of halogens is 1. The molecule has 2 aromatic rings. The van der Waals surface area contributed by atoms with E-state index < -0.39 is 0 Å². The first-order valence-corrected chi connectivity index (χ1v) is 7.51. The summed E-state index contributed by atoms with van der Waals surface area (Å²) < 4.78 is 0. The van der Waals surface area contributed by atoms with Gasteiger partial charge in [-0.2, -0.15) is 0 Å². The standard InChI is InChI=1S/C16H11ClN2OS/c17-13-9-5-4-6-11(13)10-14-15(20)19-16(21-14)18-12-7-2-1-3-8-12/h1-10H,(H,18,19,20). The number of carbonyl (C=O) groups excluding carboxylic acids is 1. The lowest BCUT2D eigenvalue weighted by Crippen LogP contribution is -2.19. The Hall–Kier alpha value is -2.04. The van der Waals surface area contributed by atoms with Crippen LogP contribution in [-0.4, -0.2) is 11.1 Å². The fourth-order valence-corrected chi connectivity index (χ4v) is 2.86. The Labute approximate surface area is 131 Å². The van der Waals surface area contributed by atoms with Gasteiger partial charge in [-0.05, 0) is 41.6 Å². The van der Waals surface area contributed by atoms with E-state index in [0.717, 1.165) is 11.3 Å². The van der Waals surface area contributed by atoms with E-state index in [0.29, 0.717) is 15.1 Å². The summed E-state index contributed by atoms with van der Waals surface area (Å²) in [6.07, 6.45) is 1.77.